The maximum atomic E-state index is 12.9. The molecule has 5 rings (SSSR count). The Morgan fingerprint density at radius 3 is 2.18 bits per heavy atom. The van der Waals surface area contributed by atoms with Crippen LogP contribution in [0.25, 0.3) is 11.1 Å². The van der Waals surface area contributed by atoms with Gasteiger partial charge >= 0.3 is 0 Å². The number of carbonyl (C=O) groups is 1. The number of aryl methyl sites for hydroxylation is 3. The molecule has 3 aromatic rings. The Labute approximate surface area is 203 Å². The van der Waals surface area contributed by atoms with Crippen LogP contribution in [0.2, 0.25) is 0 Å². The highest BCUT2D eigenvalue weighted by Gasteiger charge is 2.31. The fourth-order valence-electron chi connectivity index (χ4n) is 5.96. The maximum Gasteiger partial charge on any atom is 0.251 e. The first-order chi connectivity index (χ1) is 16.5. The highest BCUT2D eigenvalue weighted by Crippen LogP contribution is 2.45. The zero-order valence-corrected chi connectivity index (χ0v) is 20.7. The topological polar surface area (TPSA) is 49.6 Å². The second kappa shape index (κ2) is 9.17. The molecule has 0 aromatic heterocycles. The molecule has 1 amide bonds. The summed E-state index contributed by atoms with van der Waals surface area (Å²) in [6, 6.07) is 17.4. The van der Waals surface area contributed by atoms with Gasteiger partial charge in [0.25, 0.3) is 5.91 Å². The number of benzene rings is 3. The number of anilines is 2. The van der Waals surface area contributed by atoms with Crippen LogP contribution >= 0.6 is 0 Å². The third-order valence-corrected chi connectivity index (χ3v) is 7.56. The highest BCUT2D eigenvalue weighted by atomic mass is 16.1. The van der Waals surface area contributed by atoms with Gasteiger partial charge in [-0.1, -0.05) is 55.8 Å². The van der Waals surface area contributed by atoms with Crippen LogP contribution in [0.4, 0.5) is 11.4 Å². The second-order valence-electron chi connectivity index (χ2n) is 9.80. The van der Waals surface area contributed by atoms with E-state index < -0.39 is 0 Å². The van der Waals surface area contributed by atoms with Gasteiger partial charge in [0, 0.05) is 38.3 Å². The van der Waals surface area contributed by atoms with Crippen LogP contribution in [0.3, 0.4) is 0 Å². The first-order valence-electron chi connectivity index (χ1n) is 12.6. The van der Waals surface area contributed by atoms with Gasteiger partial charge in [0.05, 0.1) is 11.3 Å². The molecule has 1 fully saturated rings. The van der Waals surface area contributed by atoms with Crippen molar-refractivity contribution in [2.24, 2.45) is 5.73 Å². The number of primary amides is 1. The molecule has 2 N–H and O–H groups in total. The molecule has 1 aliphatic carbocycles. The molecule has 34 heavy (non-hydrogen) atoms. The molecule has 0 atom stereocenters. The molecule has 0 saturated carbocycles. The van der Waals surface area contributed by atoms with Crippen molar-refractivity contribution in [2.75, 3.05) is 36.0 Å². The molecule has 1 saturated heterocycles. The lowest BCUT2D eigenvalue weighted by atomic mass is 9.91. The lowest BCUT2D eigenvalue weighted by Crippen LogP contribution is -2.48. The zero-order valence-electron chi connectivity index (χ0n) is 20.7. The van der Waals surface area contributed by atoms with Gasteiger partial charge in [-0.3, -0.25) is 4.79 Å². The summed E-state index contributed by atoms with van der Waals surface area (Å²) < 4.78 is 0. The monoisotopic (exact) mass is 453 g/mol. The lowest BCUT2D eigenvalue weighted by Gasteiger charge is -2.40. The summed E-state index contributed by atoms with van der Waals surface area (Å²) in [5.74, 6) is -0.294. The molecule has 4 nitrogen and oxygen atoms in total. The molecule has 0 radical (unpaired) electrons. The summed E-state index contributed by atoms with van der Waals surface area (Å²) in [7, 11) is 0. The van der Waals surface area contributed by atoms with Crippen molar-refractivity contribution in [2.45, 2.75) is 46.5 Å². The number of hydrogen-bond acceptors (Lipinski definition) is 3. The summed E-state index contributed by atoms with van der Waals surface area (Å²) in [6.45, 7) is 10.2. The summed E-state index contributed by atoms with van der Waals surface area (Å²) in [5, 5.41) is 0. The summed E-state index contributed by atoms with van der Waals surface area (Å²) in [4.78, 5) is 17.8. The van der Waals surface area contributed by atoms with E-state index in [4.69, 9.17) is 5.73 Å². The summed E-state index contributed by atoms with van der Waals surface area (Å²) in [5.41, 5.74) is 18.2. The predicted octanol–water partition coefficient (Wildman–Crippen LogP) is 5.64. The number of rotatable bonds is 6. The Balaban J connectivity index is 1.55. The minimum Gasteiger partial charge on any atom is -0.368 e. The second-order valence-corrected chi connectivity index (χ2v) is 9.80. The van der Waals surface area contributed by atoms with E-state index in [2.05, 4.69) is 79.1 Å². The van der Waals surface area contributed by atoms with Crippen LogP contribution in [0.5, 0.6) is 0 Å². The average Bonchev–Trinajstić information content (AvgIpc) is 3.20. The average molecular weight is 454 g/mol. The number of para-hydroxylation sites is 1. The Bertz CT molecular complexity index is 1220. The van der Waals surface area contributed by atoms with Gasteiger partial charge in [-0.2, -0.15) is 0 Å². The number of hydrogen-bond donors (Lipinski definition) is 1. The minimum atomic E-state index is -0.294. The molecule has 0 bridgehead atoms. The zero-order chi connectivity index (χ0) is 23.8. The van der Waals surface area contributed by atoms with E-state index in [1.165, 1.54) is 39.1 Å². The van der Waals surface area contributed by atoms with E-state index in [0.29, 0.717) is 0 Å². The Hall–Kier alpha value is -3.27. The van der Waals surface area contributed by atoms with E-state index in [1.54, 1.807) is 0 Å². The molecule has 176 valence electrons. The van der Waals surface area contributed by atoms with Crippen molar-refractivity contribution in [3.8, 4) is 11.1 Å². The number of unbranched alkanes of at least 4 members (excludes halogenated alkanes) is 1. The molecule has 3 aromatic carbocycles. The number of amides is 1. The Kier molecular flexibility index (Phi) is 6.07. The third-order valence-electron chi connectivity index (χ3n) is 7.56. The van der Waals surface area contributed by atoms with E-state index in [-0.39, 0.29) is 5.91 Å². The standard InChI is InChI=1S/C30H35N3O/c1-4-5-11-23-19-25-24-13-7-6-12-22(24)18-26(25)29(27(23)30(31)34)33-16-14-32(15-17-33)28-20(2)9-8-10-21(28)3/h6-10,12-13,19H,4-5,11,14-18H2,1-3H3,(H2,31,34). The van der Waals surface area contributed by atoms with Gasteiger partial charge in [-0.25, -0.2) is 0 Å². The smallest absolute Gasteiger partial charge is 0.251 e. The number of piperazine rings is 1. The van der Waals surface area contributed by atoms with Gasteiger partial charge in [0.15, 0.2) is 0 Å². The van der Waals surface area contributed by atoms with Crippen LogP contribution in [0.15, 0.2) is 48.5 Å². The predicted molar refractivity (Wildman–Crippen MR) is 142 cm³/mol. The highest BCUT2D eigenvalue weighted by molar-refractivity contribution is 6.03. The largest absolute Gasteiger partial charge is 0.368 e. The van der Waals surface area contributed by atoms with Crippen molar-refractivity contribution in [1.29, 1.82) is 0 Å². The summed E-state index contributed by atoms with van der Waals surface area (Å²) >= 11 is 0. The van der Waals surface area contributed by atoms with Crippen molar-refractivity contribution in [1.82, 2.24) is 0 Å². The van der Waals surface area contributed by atoms with Gasteiger partial charge in [-0.05, 0) is 71.7 Å². The molecular weight excluding hydrogens is 418 g/mol. The third kappa shape index (κ3) is 3.85. The van der Waals surface area contributed by atoms with Crippen LogP contribution in [0, 0.1) is 13.8 Å². The number of fused-ring (bicyclic) bond motifs is 3. The lowest BCUT2D eigenvalue weighted by molar-refractivity contribution is 0.0999. The minimum absolute atomic E-state index is 0.294. The van der Waals surface area contributed by atoms with Gasteiger partial charge in [0.1, 0.15) is 0 Å². The number of carbonyl (C=O) groups excluding carboxylic acids is 1. The first-order valence-corrected chi connectivity index (χ1v) is 12.6. The van der Waals surface area contributed by atoms with E-state index in [0.717, 1.165) is 68.7 Å². The molecule has 0 unspecified atom stereocenters. The molecule has 2 aliphatic rings. The van der Waals surface area contributed by atoms with Gasteiger partial charge in [-0.15, -0.1) is 0 Å². The summed E-state index contributed by atoms with van der Waals surface area (Å²) in [6.07, 6.45) is 3.90. The van der Waals surface area contributed by atoms with Crippen molar-refractivity contribution >= 4 is 17.3 Å². The molecule has 4 heteroatoms. The number of nitrogens with two attached hydrogens (primary N) is 1. The van der Waals surface area contributed by atoms with Crippen LogP contribution in [-0.4, -0.2) is 32.1 Å². The Morgan fingerprint density at radius 1 is 0.882 bits per heavy atom. The van der Waals surface area contributed by atoms with Crippen molar-refractivity contribution in [3.05, 3.63) is 81.9 Å². The first kappa shape index (κ1) is 22.5. The van der Waals surface area contributed by atoms with E-state index >= 15 is 0 Å². The maximum absolute atomic E-state index is 12.9. The quantitative estimate of drug-likeness (QED) is 0.411. The fraction of sp³-hybridized carbons (Fsp3) is 0.367. The van der Waals surface area contributed by atoms with Crippen LogP contribution in [0.1, 0.15) is 57.9 Å². The van der Waals surface area contributed by atoms with Crippen LogP contribution in [-0.2, 0) is 12.8 Å². The number of nitrogens with zero attached hydrogens (tertiary/aromatic N) is 2. The Morgan fingerprint density at radius 2 is 1.53 bits per heavy atom. The van der Waals surface area contributed by atoms with Crippen molar-refractivity contribution < 1.29 is 4.79 Å². The van der Waals surface area contributed by atoms with Gasteiger partial charge < -0.3 is 15.5 Å². The van der Waals surface area contributed by atoms with E-state index in [1.807, 2.05) is 0 Å². The fourth-order valence-corrected chi connectivity index (χ4v) is 5.96. The van der Waals surface area contributed by atoms with Gasteiger partial charge in [0.2, 0.25) is 0 Å². The molecule has 1 heterocycles. The molecule has 0 spiro atoms. The van der Waals surface area contributed by atoms with Crippen molar-refractivity contribution in [3.63, 3.8) is 0 Å². The van der Waals surface area contributed by atoms with Crippen LogP contribution < -0.4 is 15.5 Å². The molecular formula is C30H35N3O. The molecule has 1 aliphatic heterocycles. The SMILES string of the molecule is CCCCc1cc2c(c(N3CCN(c4c(C)cccc4C)CC3)c1C(N)=O)Cc1ccccc1-2. The van der Waals surface area contributed by atoms with E-state index in [9.17, 15) is 4.79 Å². The normalized spacial score (nSPS) is 14.8.